The van der Waals surface area contributed by atoms with Crippen molar-refractivity contribution in [2.75, 3.05) is 0 Å². The molecule has 5 fully saturated rings. The lowest BCUT2D eigenvalue weighted by Gasteiger charge is -2.34. The van der Waals surface area contributed by atoms with Gasteiger partial charge in [0.25, 0.3) is 0 Å². The maximum atomic E-state index is 12.3. The standard InChI is InChI=1S/C12H8Cl4O2/c13-11(14)5-1-2-6-8(12(6,15)16)4(10(2)18)3(7(5)11)9(1)17/h1-8H. The number of Topliss-reactive ketones (excluding diaryl/α,β-unsaturated/α-hetero) is 2. The fourth-order valence-corrected chi connectivity index (χ4v) is 7.27. The Balaban J connectivity index is 1.69. The third-order valence-electron chi connectivity index (χ3n) is 5.97. The van der Waals surface area contributed by atoms with Crippen LogP contribution in [0.2, 0.25) is 0 Å². The van der Waals surface area contributed by atoms with E-state index in [0.717, 1.165) is 0 Å². The molecule has 2 nitrogen and oxygen atoms in total. The smallest absolute Gasteiger partial charge is 0.141 e. The van der Waals surface area contributed by atoms with Crippen molar-refractivity contribution in [3.05, 3.63) is 0 Å². The van der Waals surface area contributed by atoms with Crippen LogP contribution in [0.3, 0.4) is 0 Å². The predicted octanol–water partition coefficient (Wildman–Crippen LogP) is 2.47. The van der Waals surface area contributed by atoms with E-state index >= 15 is 0 Å². The number of halogens is 4. The number of hydrogen-bond acceptors (Lipinski definition) is 2. The van der Waals surface area contributed by atoms with Gasteiger partial charge in [0.1, 0.15) is 20.2 Å². The van der Waals surface area contributed by atoms with Crippen LogP contribution >= 0.6 is 46.4 Å². The molecule has 0 radical (unpaired) electrons. The second-order valence-electron chi connectivity index (χ2n) is 6.36. The van der Waals surface area contributed by atoms with Gasteiger partial charge in [-0.15, -0.1) is 46.4 Å². The predicted molar refractivity (Wildman–Crippen MR) is 66.8 cm³/mol. The fourth-order valence-electron chi connectivity index (χ4n) is 5.36. The molecule has 96 valence electrons. The highest BCUT2D eigenvalue weighted by atomic mass is 35.5. The highest BCUT2D eigenvalue weighted by Crippen LogP contribution is 2.84. The second-order valence-corrected chi connectivity index (χ2v) is 9.25. The summed E-state index contributed by atoms with van der Waals surface area (Å²) in [6.45, 7) is 0. The summed E-state index contributed by atoms with van der Waals surface area (Å²) in [5.74, 6) is -1.14. The lowest BCUT2D eigenvalue weighted by Crippen LogP contribution is -2.46. The van der Waals surface area contributed by atoms with Crippen molar-refractivity contribution in [3.63, 3.8) is 0 Å². The molecule has 6 heteroatoms. The Hall–Kier alpha value is 0.500. The minimum Gasteiger partial charge on any atom is -0.299 e. The van der Waals surface area contributed by atoms with Gasteiger partial charge in [-0.3, -0.25) is 9.59 Å². The topological polar surface area (TPSA) is 34.1 Å². The van der Waals surface area contributed by atoms with Crippen molar-refractivity contribution >= 4 is 58.0 Å². The van der Waals surface area contributed by atoms with Gasteiger partial charge in [-0.25, -0.2) is 0 Å². The SMILES string of the molecule is O=C1C2C3C(=O)C(C1C1C2C1(Cl)Cl)C1C3C1(Cl)Cl. The number of carbonyl (C=O) groups excluding carboxylic acids is 2. The van der Waals surface area contributed by atoms with Crippen molar-refractivity contribution in [2.45, 2.75) is 8.67 Å². The molecule has 5 rings (SSSR count). The Labute approximate surface area is 123 Å². The van der Waals surface area contributed by atoms with Gasteiger partial charge in [0, 0.05) is 47.3 Å². The van der Waals surface area contributed by atoms with E-state index < -0.39 is 8.67 Å². The summed E-state index contributed by atoms with van der Waals surface area (Å²) in [5, 5.41) is 0. The summed E-state index contributed by atoms with van der Waals surface area (Å²) >= 11 is 25.0. The van der Waals surface area contributed by atoms with E-state index in [2.05, 4.69) is 0 Å². The van der Waals surface area contributed by atoms with E-state index in [9.17, 15) is 9.59 Å². The minimum atomic E-state index is -0.807. The summed E-state index contributed by atoms with van der Waals surface area (Å²) in [5.41, 5.74) is 0. The van der Waals surface area contributed by atoms with Gasteiger partial charge in [-0.05, 0) is 0 Å². The molecular weight excluding hydrogens is 318 g/mol. The van der Waals surface area contributed by atoms with Crippen molar-refractivity contribution in [2.24, 2.45) is 47.3 Å². The van der Waals surface area contributed by atoms with Crippen LogP contribution in [0, 0.1) is 47.3 Å². The molecule has 0 aromatic rings. The van der Waals surface area contributed by atoms with Gasteiger partial charge < -0.3 is 0 Å². The van der Waals surface area contributed by atoms with Crippen LogP contribution in [0.15, 0.2) is 0 Å². The summed E-state index contributed by atoms with van der Waals surface area (Å²) < 4.78 is -1.61. The van der Waals surface area contributed by atoms with E-state index in [4.69, 9.17) is 46.4 Å². The molecule has 0 heterocycles. The second kappa shape index (κ2) is 2.64. The Kier molecular flexibility index (Phi) is 1.64. The van der Waals surface area contributed by atoms with Crippen molar-refractivity contribution in [1.29, 1.82) is 0 Å². The number of fused-ring (bicyclic) bond motifs is 2. The lowest BCUT2D eigenvalue weighted by atomic mass is 9.70. The zero-order valence-corrected chi connectivity index (χ0v) is 12.0. The first kappa shape index (κ1) is 11.2. The molecule has 0 saturated heterocycles. The van der Waals surface area contributed by atoms with Gasteiger partial charge >= 0.3 is 0 Å². The molecule has 18 heavy (non-hydrogen) atoms. The maximum absolute atomic E-state index is 12.3. The molecule has 0 aliphatic heterocycles. The summed E-state index contributed by atoms with van der Waals surface area (Å²) in [7, 11) is 0. The molecule has 0 aromatic carbocycles. The van der Waals surface area contributed by atoms with Crippen LogP contribution in [0.4, 0.5) is 0 Å². The third kappa shape index (κ3) is 0.845. The van der Waals surface area contributed by atoms with Crippen LogP contribution < -0.4 is 0 Å². The van der Waals surface area contributed by atoms with E-state index in [1.165, 1.54) is 0 Å². The average molecular weight is 326 g/mol. The van der Waals surface area contributed by atoms with Gasteiger partial charge in [0.15, 0.2) is 0 Å². The average Bonchev–Trinajstić information content (AvgIpc) is 2.81. The molecule has 0 spiro atoms. The number of hydrogen-bond donors (Lipinski definition) is 0. The highest BCUT2D eigenvalue weighted by Gasteiger charge is 2.90. The van der Waals surface area contributed by atoms with Crippen LogP contribution in [0.25, 0.3) is 0 Å². The Bertz CT molecular complexity index is 454. The molecule has 8 atom stereocenters. The van der Waals surface area contributed by atoms with Gasteiger partial charge in [0.05, 0.1) is 0 Å². The Morgan fingerprint density at radius 2 is 0.833 bits per heavy atom. The normalized spacial score (nSPS) is 63.6. The van der Waals surface area contributed by atoms with E-state index in [0.29, 0.717) is 0 Å². The summed E-state index contributed by atoms with van der Waals surface area (Å²) in [4.78, 5) is 24.7. The first-order valence-electron chi connectivity index (χ1n) is 6.14. The summed E-state index contributed by atoms with van der Waals surface area (Å²) in [6.07, 6.45) is 0. The number of carbonyl (C=O) groups is 2. The third-order valence-corrected chi connectivity index (χ3v) is 7.98. The molecule has 5 aliphatic carbocycles. The van der Waals surface area contributed by atoms with Crippen LogP contribution in [-0.4, -0.2) is 20.2 Å². The first-order valence-corrected chi connectivity index (χ1v) is 7.65. The summed E-state index contributed by atoms with van der Waals surface area (Å²) in [6, 6.07) is 0. The maximum Gasteiger partial charge on any atom is 0.141 e. The Morgan fingerprint density at radius 3 is 1.06 bits per heavy atom. The Morgan fingerprint density at radius 1 is 0.611 bits per heavy atom. The van der Waals surface area contributed by atoms with E-state index in [1.54, 1.807) is 0 Å². The van der Waals surface area contributed by atoms with Gasteiger partial charge in [0.2, 0.25) is 0 Å². The zero-order chi connectivity index (χ0) is 12.8. The van der Waals surface area contributed by atoms with Crippen LogP contribution in [0.5, 0.6) is 0 Å². The largest absolute Gasteiger partial charge is 0.299 e. The van der Waals surface area contributed by atoms with Crippen LogP contribution in [0.1, 0.15) is 0 Å². The fraction of sp³-hybridized carbons (Fsp3) is 0.833. The molecule has 0 amide bonds. The van der Waals surface area contributed by atoms with E-state index in [-0.39, 0.29) is 58.9 Å². The molecule has 5 saturated carbocycles. The zero-order valence-electron chi connectivity index (χ0n) is 8.95. The van der Waals surface area contributed by atoms with Crippen molar-refractivity contribution in [3.8, 4) is 0 Å². The lowest BCUT2D eigenvalue weighted by molar-refractivity contribution is -0.143. The molecule has 5 aliphatic rings. The number of alkyl halides is 4. The first-order chi connectivity index (χ1) is 8.31. The molecule has 4 bridgehead atoms. The molecular formula is C12H8Cl4O2. The van der Waals surface area contributed by atoms with Gasteiger partial charge in [-0.2, -0.15) is 0 Å². The van der Waals surface area contributed by atoms with Crippen molar-refractivity contribution in [1.82, 2.24) is 0 Å². The van der Waals surface area contributed by atoms with Crippen molar-refractivity contribution < 1.29 is 9.59 Å². The minimum absolute atomic E-state index is 0.0528. The quantitative estimate of drug-likeness (QED) is 0.641. The molecule has 0 N–H and O–H groups in total. The molecule has 0 aromatic heterocycles. The number of ketones is 2. The highest BCUT2D eigenvalue weighted by molar-refractivity contribution is 6.53. The monoisotopic (exact) mass is 324 g/mol. The van der Waals surface area contributed by atoms with E-state index in [1.807, 2.05) is 0 Å². The van der Waals surface area contributed by atoms with Crippen LogP contribution in [-0.2, 0) is 9.59 Å². The molecule has 8 unspecified atom stereocenters. The van der Waals surface area contributed by atoms with Gasteiger partial charge in [-0.1, -0.05) is 0 Å². The number of rotatable bonds is 0.